The van der Waals surface area contributed by atoms with Crippen molar-refractivity contribution in [3.8, 4) is 0 Å². The van der Waals surface area contributed by atoms with Crippen molar-refractivity contribution in [1.29, 1.82) is 0 Å². The number of rotatable bonds is 3. The lowest BCUT2D eigenvalue weighted by atomic mass is 10.0. The Labute approximate surface area is 112 Å². The number of nitrogens with zero attached hydrogens (tertiary/aromatic N) is 2. The molecule has 0 aliphatic heterocycles. The maximum atomic E-state index is 6.26. The van der Waals surface area contributed by atoms with Crippen LogP contribution in [0.2, 0.25) is 0 Å². The van der Waals surface area contributed by atoms with Crippen LogP contribution in [-0.4, -0.2) is 9.55 Å². The van der Waals surface area contributed by atoms with E-state index in [1.807, 2.05) is 43.4 Å². The Morgan fingerprint density at radius 1 is 1.05 bits per heavy atom. The van der Waals surface area contributed by atoms with E-state index in [2.05, 4.69) is 27.8 Å². The third-order valence-corrected chi connectivity index (χ3v) is 3.51. The minimum atomic E-state index is -0.0169. The average Bonchev–Trinajstić information content (AvgIpc) is 2.77. The van der Waals surface area contributed by atoms with Crippen molar-refractivity contribution >= 4 is 11.0 Å². The van der Waals surface area contributed by atoms with E-state index in [-0.39, 0.29) is 6.04 Å². The van der Waals surface area contributed by atoms with Gasteiger partial charge in [-0.1, -0.05) is 42.5 Å². The van der Waals surface area contributed by atoms with E-state index in [1.165, 1.54) is 0 Å². The summed E-state index contributed by atoms with van der Waals surface area (Å²) in [4.78, 5) is 4.66. The van der Waals surface area contributed by atoms with Crippen LogP contribution in [0.5, 0.6) is 0 Å². The van der Waals surface area contributed by atoms with E-state index in [1.54, 1.807) is 0 Å². The smallest absolute Gasteiger partial charge is 0.111 e. The fourth-order valence-corrected chi connectivity index (χ4v) is 2.39. The number of fused-ring (bicyclic) bond motifs is 1. The molecule has 0 spiro atoms. The molecule has 1 heterocycles. The van der Waals surface area contributed by atoms with Crippen LogP contribution in [0.1, 0.15) is 17.4 Å². The lowest BCUT2D eigenvalue weighted by Crippen LogP contribution is -2.15. The van der Waals surface area contributed by atoms with Gasteiger partial charge in [0.2, 0.25) is 0 Å². The molecule has 96 valence electrons. The van der Waals surface area contributed by atoms with Crippen LogP contribution in [0.3, 0.4) is 0 Å². The maximum absolute atomic E-state index is 6.26. The molecule has 3 heteroatoms. The summed E-state index contributed by atoms with van der Waals surface area (Å²) in [5, 5.41) is 0. The molecule has 0 amide bonds. The van der Waals surface area contributed by atoms with Gasteiger partial charge < -0.3 is 10.3 Å². The highest BCUT2D eigenvalue weighted by molar-refractivity contribution is 5.75. The fraction of sp³-hybridized carbons (Fsp3) is 0.188. The standard InChI is InChI=1S/C16H17N3/c1-19-15-10-6-5-9-14(15)18-16(19)11-13(17)12-7-3-2-4-8-12/h2-10,13H,11,17H2,1H3. The number of benzene rings is 2. The number of hydrogen-bond acceptors (Lipinski definition) is 2. The first-order chi connectivity index (χ1) is 9.25. The lowest BCUT2D eigenvalue weighted by molar-refractivity contribution is 0.665. The van der Waals surface area contributed by atoms with Crippen LogP contribution in [0.25, 0.3) is 11.0 Å². The minimum absolute atomic E-state index is 0.0169. The van der Waals surface area contributed by atoms with Crippen molar-refractivity contribution < 1.29 is 0 Å². The zero-order valence-corrected chi connectivity index (χ0v) is 11.0. The predicted molar refractivity (Wildman–Crippen MR) is 77.8 cm³/mol. The minimum Gasteiger partial charge on any atom is -0.331 e. The summed E-state index contributed by atoms with van der Waals surface area (Å²) >= 11 is 0. The number of hydrogen-bond donors (Lipinski definition) is 1. The number of aryl methyl sites for hydroxylation is 1. The topological polar surface area (TPSA) is 43.8 Å². The van der Waals surface area contributed by atoms with Gasteiger partial charge in [-0.3, -0.25) is 0 Å². The van der Waals surface area contributed by atoms with Crippen molar-refractivity contribution in [1.82, 2.24) is 9.55 Å². The van der Waals surface area contributed by atoms with Crippen LogP contribution < -0.4 is 5.73 Å². The fourth-order valence-electron chi connectivity index (χ4n) is 2.39. The van der Waals surface area contributed by atoms with Gasteiger partial charge in [0.1, 0.15) is 5.82 Å². The summed E-state index contributed by atoms with van der Waals surface area (Å²) in [5.41, 5.74) is 9.59. The van der Waals surface area contributed by atoms with Crippen molar-refractivity contribution in [2.24, 2.45) is 12.8 Å². The number of aromatic nitrogens is 2. The summed E-state index contributed by atoms with van der Waals surface area (Å²) in [6.45, 7) is 0. The van der Waals surface area contributed by atoms with Crippen LogP contribution in [-0.2, 0) is 13.5 Å². The molecule has 3 aromatic rings. The Morgan fingerprint density at radius 3 is 2.47 bits per heavy atom. The summed E-state index contributed by atoms with van der Waals surface area (Å²) < 4.78 is 2.12. The summed E-state index contributed by atoms with van der Waals surface area (Å²) in [6, 6.07) is 18.3. The second-order valence-corrected chi connectivity index (χ2v) is 4.80. The molecule has 2 N–H and O–H groups in total. The zero-order chi connectivity index (χ0) is 13.2. The third kappa shape index (κ3) is 2.25. The van der Waals surface area contributed by atoms with E-state index in [4.69, 9.17) is 5.73 Å². The van der Waals surface area contributed by atoms with E-state index >= 15 is 0 Å². The summed E-state index contributed by atoms with van der Waals surface area (Å²) in [7, 11) is 2.04. The summed E-state index contributed by atoms with van der Waals surface area (Å²) in [6.07, 6.45) is 0.745. The summed E-state index contributed by atoms with van der Waals surface area (Å²) in [5.74, 6) is 1.03. The lowest BCUT2D eigenvalue weighted by Gasteiger charge is -2.11. The van der Waals surface area contributed by atoms with Gasteiger partial charge in [-0.15, -0.1) is 0 Å². The Morgan fingerprint density at radius 2 is 1.74 bits per heavy atom. The molecule has 1 atom stereocenters. The second-order valence-electron chi connectivity index (χ2n) is 4.80. The number of para-hydroxylation sites is 2. The molecule has 0 saturated heterocycles. The molecule has 19 heavy (non-hydrogen) atoms. The molecule has 0 radical (unpaired) electrons. The molecule has 0 fully saturated rings. The molecule has 0 aliphatic carbocycles. The second kappa shape index (κ2) is 4.86. The van der Waals surface area contributed by atoms with Gasteiger partial charge in [0.05, 0.1) is 11.0 Å². The van der Waals surface area contributed by atoms with Crippen molar-refractivity contribution in [3.63, 3.8) is 0 Å². The van der Waals surface area contributed by atoms with Gasteiger partial charge in [0.15, 0.2) is 0 Å². The van der Waals surface area contributed by atoms with Crippen molar-refractivity contribution in [2.45, 2.75) is 12.5 Å². The van der Waals surface area contributed by atoms with Crippen molar-refractivity contribution in [3.05, 3.63) is 66.0 Å². The number of nitrogens with two attached hydrogens (primary N) is 1. The SMILES string of the molecule is Cn1c(CC(N)c2ccccc2)nc2ccccc21. The zero-order valence-electron chi connectivity index (χ0n) is 11.0. The van der Waals surface area contributed by atoms with Gasteiger partial charge >= 0.3 is 0 Å². The highest BCUT2D eigenvalue weighted by atomic mass is 15.1. The van der Waals surface area contributed by atoms with Gasteiger partial charge in [-0.05, 0) is 17.7 Å². The highest BCUT2D eigenvalue weighted by Gasteiger charge is 2.12. The Balaban J connectivity index is 1.91. The predicted octanol–water partition coefficient (Wildman–Crippen LogP) is 2.82. The third-order valence-electron chi connectivity index (χ3n) is 3.51. The molecule has 3 nitrogen and oxygen atoms in total. The molecule has 0 bridgehead atoms. The Bertz CT molecular complexity index is 686. The van der Waals surface area contributed by atoms with Crippen LogP contribution >= 0.6 is 0 Å². The largest absolute Gasteiger partial charge is 0.331 e. The van der Waals surface area contributed by atoms with Gasteiger partial charge in [-0.2, -0.15) is 0 Å². The van der Waals surface area contributed by atoms with E-state index in [0.717, 1.165) is 28.8 Å². The van der Waals surface area contributed by atoms with Gasteiger partial charge in [0.25, 0.3) is 0 Å². The molecule has 3 rings (SSSR count). The van der Waals surface area contributed by atoms with E-state index in [0.29, 0.717) is 0 Å². The van der Waals surface area contributed by atoms with E-state index in [9.17, 15) is 0 Å². The van der Waals surface area contributed by atoms with Crippen molar-refractivity contribution in [2.75, 3.05) is 0 Å². The Kier molecular flexibility index (Phi) is 3.05. The van der Waals surface area contributed by atoms with Crippen LogP contribution in [0.15, 0.2) is 54.6 Å². The van der Waals surface area contributed by atoms with Gasteiger partial charge in [-0.25, -0.2) is 4.98 Å². The molecule has 2 aromatic carbocycles. The number of imidazole rings is 1. The molecule has 1 aromatic heterocycles. The first-order valence-corrected chi connectivity index (χ1v) is 6.46. The monoisotopic (exact) mass is 251 g/mol. The molecule has 0 aliphatic rings. The normalized spacial score (nSPS) is 12.7. The molecular formula is C16H17N3. The first kappa shape index (κ1) is 11.9. The highest BCUT2D eigenvalue weighted by Crippen LogP contribution is 2.19. The molecular weight excluding hydrogens is 234 g/mol. The van der Waals surface area contributed by atoms with Crippen LogP contribution in [0, 0.1) is 0 Å². The van der Waals surface area contributed by atoms with E-state index < -0.39 is 0 Å². The Hall–Kier alpha value is -2.13. The van der Waals surface area contributed by atoms with Crippen LogP contribution in [0.4, 0.5) is 0 Å². The quantitative estimate of drug-likeness (QED) is 0.778. The van der Waals surface area contributed by atoms with Gasteiger partial charge in [0, 0.05) is 19.5 Å². The maximum Gasteiger partial charge on any atom is 0.111 e. The molecule has 0 saturated carbocycles. The average molecular weight is 251 g/mol. The molecule has 1 unspecified atom stereocenters. The first-order valence-electron chi connectivity index (χ1n) is 6.46.